The van der Waals surface area contributed by atoms with E-state index < -0.39 is 0 Å². The van der Waals surface area contributed by atoms with E-state index in [0.717, 1.165) is 23.1 Å². The molecule has 1 atom stereocenters. The fourth-order valence-corrected chi connectivity index (χ4v) is 5.92. The number of nitrogens with one attached hydrogen (secondary N) is 2. The van der Waals surface area contributed by atoms with Crippen LogP contribution in [0.3, 0.4) is 0 Å². The summed E-state index contributed by atoms with van der Waals surface area (Å²) in [5.74, 6) is 3.79. The van der Waals surface area contributed by atoms with Crippen LogP contribution < -0.4 is 15.4 Å². The number of rotatable bonds is 6. The van der Waals surface area contributed by atoms with Crippen LogP contribution >= 0.6 is 0 Å². The number of benzene rings is 1. The summed E-state index contributed by atoms with van der Waals surface area (Å²) in [6, 6.07) is 7.56. The molecule has 0 saturated heterocycles. The molecule has 2 N–H and O–H groups in total. The van der Waals surface area contributed by atoms with Crippen LogP contribution in [-0.2, 0) is 9.59 Å². The number of hydrogen-bond acceptors (Lipinski definition) is 3. The molecule has 4 fully saturated rings. The molecule has 5 nitrogen and oxygen atoms in total. The molecule has 0 aromatic heterocycles. The zero-order valence-electron chi connectivity index (χ0n) is 16.2. The first-order valence-electron chi connectivity index (χ1n) is 10.2. The molecule has 0 aliphatic heterocycles. The van der Waals surface area contributed by atoms with E-state index in [1.807, 2.05) is 24.3 Å². The van der Waals surface area contributed by atoms with Crippen molar-refractivity contribution in [3.05, 3.63) is 29.8 Å². The fraction of sp³-hybridized carbons (Fsp3) is 0.636. The summed E-state index contributed by atoms with van der Waals surface area (Å²) in [6.45, 7) is 1.49. The van der Waals surface area contributed by atoms with Crippen LogP contribution in [0.25, 0.3) is 0 Å². The molecular weight excluding hydrogens is 340 g/mol. The van der Waals surface area contributed by atoms with Crippen LogP contribution in [-0.4, -0.2) is 25.0 Å². The Kier molecular flexibility index (Phi) is 5.11. The minimum atomic E-state index is -0.315. The molecular formula is C22H30N2O3. The van der Waals surface area contributed by atoms with Crippen molar-refractivity contribution in [1.82, 2.24) is 10.6 Å². The van der Waals surface area contributed by atoms with E-state index in [1.54, 1.807) is 7.11 Å². The molecule has 2 amide bonds. The summed E-state index contributed by atoms with van der Waals surface area (Å²) < 4.78 is 5.20. The topological polar surface area (TPSA) is 67.4 Å². The van der Waals surface area contributed by atoms with Gasteiger partial charge in [0.05, 0.1) is 19.6 Å². The predicted octanol–water partition coefficient (Wildman–Crippen LogP) is 3.20. The molecule has 146 valence electrons. The van der Waals surface area contributed by atoms with Crippen LogP contribution in [0.2, 0.25) is 0 Å². The van der Waals surface area contributed by atoms with E-state index in [4.69, 9.17) is 4.74 Å². The van der Waals surface area contributed by atoms with Gasteiger partial charge in [-0.1, -0.05) is 12.1 Å². The highest BCUT2D eigenvalue weighted by atomic mass is 16.5. The van der Waals surface area contributed by atoms with Crippen LogP contribution in [0.5, 0.6) is 5.75 Å². The van der Waals surface area contributed by atoms with Crippen LogP contribution in [0.4, 0.5) is 0 Å². The Morgan fingerprint density at radius 2 is 1.63 bits per heavy atom. The maximum atomic E-state index is 12.8. The van der Waals surface area contributed by atoms with Gasteiger partial charge in [-0.25, -0.2) is 0 Å². The highest BCUT2D eigenvalue weighted by molar-refractivity contribution is 5.79. The Balaban J connectivity index is 1.41. The Morgan fingerprint density at radius 1 is 1.04 bits per heavy atom. The van der Waals surface area contributed by atoms with Gasteiger partial charge in [-0.15, -0.1) is 0 Å². The molecule has 0 heterocycles. The van der Waals surface area contributed by atoms with Crippen molar-refractivity contribution in [1.29, 1.82) is 0 Å². The first kappa shape index (κ1) is 18.3. The number of ether oxygens (including phenoxy) is 1. The molecule has 0 radical (unpaired) electrons. The van der Waals surface area contributed by atoms with Gasteiger partial charge in [0.15, 0.2) is 0 Å². The molecule has 1 aromatic carbocycles. The second kappa shape index (κ2) is 7.53. The molecule has 1 unspecified atom stereocenters. The second-order valence-corrected chi connectivity index (χ2v) is 8.75. The van der Waals surface area contributed by atoms with E-state index in [0.29, 0.717) is 17.9 Å². The molecule has 1 aromatic rings. The standard InChI is InChI=1S/C22H30N2O3/c1-13(25)23-20(16-3-5-19(27-2)6-4-16)12-21(26)24-22-17-8-14-7-15(10-17)11-18(22)9-14/h3-6,14-15,17-18,20,22H,7-12H2,1-2H3,(H,23,25)(H,24,26). The third kappa shape index (κ3) is 3.97. The first-order chi connectivity index (χ1) is 13.0. The van der Waals surface area contributed by atoms with Crippen molar-refractivity contribution >= 4 is 11.8 Å². The monoisotopic (exact) mass is 370 g/mol. The van der Waals surface area contributed by atoms with Crippen molar-refractivity contribution in [2.45, 2.75) is 57.5 Å². The Hall–Kier alpha value is -2.04. The maximum absolute atomic E-state index is 12.8. The maximum Gasteiger partial charge on any atom is 0.222 e. The Labute approximate surface area is 161 Å². The first-order valence-corrected chi connectivity index (χ1v) is 10.2. The summed E-state index contributed by atoms with van der Waals surface area (Å²) in [5.41, 5.74) is 0.922. The molecule has 27 heavy (non-hydrogen) atoms. The van der Waals surface area contributed by atoms with E-state index in [2.05, 4.69) is 10.6 Å². The summed E-state index contributed by atoms with van der Waals surface area (Å²) in [5, 5.41) is 6.27. The number of amides is 2. The second-order valence-electron chi connectivity index (χ2n) is 8.75. The molecule has 4 aliphatic rings. The zero-order chi connectivity index (χ0) is 19.0. The summed E-state index contributed by atoms with van der Waals surface area (Å²) >= 11 is 0. The van der Waals surface area contributed by atoms with Gasteiger partial charge in [0, 0.05) is 13.0 Å². The van der Waals surface area contributed by atoms with Gasteiger partial charge in [-0.2, -0.15) is 0 Å². The van der Waals surface area contributed by atoms with Gasteiger partial charge in [0.25, 0.3) is 0 Å². The molecule has 0 spiro atoms. The third-order valence-electron chi connectivity index (χ3n) is 6.84. The third-order valence-corrected chi connectivity index (χ3v) is 6.84. The minimum absolute atomic E-state index is 0.0436. The lowest BCUT2D eigenvalue weighted by Crippen LogP contribution is -2.56. The van der Waals surface area contributed by atoms with Gasteiger partial charge < -0.3 is 15.4 Å². The fourth-order valence-electron chi connectivity index (χ4n) is 5.92. The minimum Gasteiger partial charge on any atom is -0.497 e. The van der Waals surface area contributed by atoms with Gasteiger partial charge in [0.1, 0.15) is 5.75 Å². The van der Waals surface area contributed by atoms with Gasteiger partial charge in [-0.3, -0.25) is 9.59 Å². The van der Waals surface area contributed by atoms with Crippen LogP contribution in [0, 0.1) is 23.7 Å². The number of carbonyl (C=O) groups is 2. The highest BCUT2D eigenvalue weighted by Gasteiger charge is 2.48. The lowest BCUT2D eigenvalue weighted by molar-refractivity contribution is -0.126. The van der Waals surface area contributed by atoms with Crippen molar-refractivity contribution in [2.75, 3.05) is 7.11 Å². The molecule has 4 aliphatic carbocycles. The lowest BCUT2D eigenvalue weighted by Gasteiger charge is -2.54. The summed E-state index contributed by atoms with van der Waals surface area (Å²) in [6.07, 6.45) is 6.82. The normalized spacial score (nSPS) is 32.0. The predicted molar refractivity (Wildman–Crippen MR) is 103 cm³/mol. The lowest BCUT2D eigenvalue weighted by atomic mass is 9.54. The van der Waals surface area contributed by atoms with E-state index >= 15 is 0 Å². The molecule has 4 bridgehead atoms. The van der Waals surface area contributed by atoms with Gasteiger partial charge in [-0.05, 0) is 73.5 Å². The number of carbonyl (C=O) groups excluding carboxylic acids is 2. The quantitative estimate of drug-likeness (QED) is 0.808. The average Bonchev–Trinajstić information content (AvgIpc) is 2.63. The summed E-state index contributed by atoms with van der Waals surface area (Å²) in [4.78, 5) is 24.5. The van der Waals surface area contributed by atoms with E-state index in [-0.39, 0.29) is 24.3 Å². The number of hydrogen-bond donors (Lipinski definition) is 2. The van der Waals surface area contributed by atoms with Crippen LogP contribution in [0.15, 0.2) is 24.3 Å². The van der Waals surface area contributed by atoms with Gasteiger partial charge >= 0.3 is 0 Å². The largest absolute Gasteiger partial charge is 0.497 e. The van der Waals surface area contributed by atoms with Crippen molar-refractivity contribution in [3.8, 4) is 5.75 Å². The zero-order valence-corrected chi connectivity index (χ0v) is 16.2. The van der Waals surface area contributed by atoms with Crippen LogP contribution in [0.1, 0.15) is 57.1 Å². The Bertz CT molecular complexity index is 672. The number of methoxy groups -OCH3 is 1. The SMILES string of the molecule is COc1ccc(C(CC(=O)NC2C3CC4CC(C3)CC2C4)NC(C)=O)cc1. The molecule has 4 saturated carbocycles. The van der Waals surface area contributed by atoms with Crippen molar-refractivity contribution in [2.24, 2.45) is 23.7 Å². The van der Waals surface area contributed by atoms with Gasteiger partial charge in [0.2, 0.25) is 11.8 Å². The summed E-state index contributed by atoms with van der Waals surface area (Å²) in [7, 11) is 1.62. The average molecular weight is 370 g/mol. The van der Waals surface area contributed by atoms with E-state index in [1.165, 1.54) is 39.0 Å². The smallest absolute Gasteiger partial charge is 0.222 e. The van der Waals surface area contributed by atoms with Crippen molar-refractivity contribution in [3.63, 3.8) is 0 Å². The van der Waals surface area contributed by atoms with Crippen molar-refractivity contribution < 1.29 is 14.3 Å². The van der Waals surface area contributed by atoms with E-state index in [9.17, 15) is 9.59 Å². The Morgan fingerprint density at radius 3 is 2.15 bits per heavy atom. The highest BCUT2D eigenvalue weighted by Crippen LogP contribution is 2.53. The molecule has 5 heteroatoms. The molecule has 5 rings (SSSR count).